The van der Waals surface area contributed by atoms with Gasteiger partial charge in [-0.15, -0.1) is 0 Å². The summed E-state index contributed by atoms with van der Waals surface area (Å²) in [6.45, 7) is 4.23. The summed E-state index contributed by atoms with van der Waals surface area (Å²) in [6, 6.07) is 0. The van der Waals surface area contributed by atoms with E-state index in [0.717, 1.165) is 12.8 Å². The maximum Gasteiger partial charge on any atom is 0.315 e. The van der Waals surface area contributed by atoms with Crippen molar-refractivity contribution in [2.24, 2.45) is 11.1 Å². The van der Waals surface area contributed by atoms with Crippen molar-refractivity contribution in [2.45, 2.75) is 31.9 Å². The fourth-order valence-corrected chi connectivity index (χ4v) is 3.18. The summed E-state index contributed by atoms with van der Waals surface area (Å²) in [7, 11) is 0. The Bertz CT molecular complexity index is 255. The highest BCUT2D eigenvalue weighted by atomic mass is 32.2. The molecule has 0 bridgehead atoms. The highest BCUT2D eigenvalue weighted by molar-refractivity contribution is 8.01. The van der Waals surface area contributed by atoms with Gasteiger partial charge < -0.3 is 9.94 Å². The van der Waals surface area contributed by atoms with Crippen LogP contribution in [0.1, 0.15) is 26.7 Å². The smallest absolute Gasteiger partial charge is 0.315 e. The summed E-state index contributed by atoms with van der Waals surface area (Å²) >= 11 is 1.67. The molecule has 1 N–H and O–H groups in total. The van der Waals surface area contributed by atoms with Crippen molar-refractivity contribution in [3.05, 3.63) is 0 Å². The lowest BCUT2D eigenvalue weighted by molar-refractivity contribution is -0.144. The minimum Gasteiger partial charge on any atom is -0.465 e. The van der Waals surface area contributed by atoms with Gasteiger partial charge in [0, 0.05) is 11.0 Å². The fraction of sp³-hybridized carbons (Fsp3) is 0.800. The Morgan fingerprint density at radius 2 is 2.40 bits per heavy atom. The Morgan fingerprint density at radius 3 is 2.93 bits per heavy atom. The van der Waals surface area contributed by atoms with Crippen LogP contribution < -0.4 is 0 Å². The third-order valence-corrected chi connectivity index (χ3v) is 3.79. The summed E-state index contributed by atoms with van der Waals surface area (Å²) in [4.78, 5) is 11.5. The predicted octanol–water partition coefficient (Wildman–Crippen LogP) is 1.91. The van der Waals surface area contributed by atoms with E-state index in [1.165, 1.54) is 0 Å². The molecule has 1 aliphatic rings. The summed E-state index contributed by atoms with van der Waals surface area (Å²) in [5.74, 6) is 0.0519. The standard InChI is InChI=1S/C10H17NO3S/c1-3-5-8-9(11-13)7(6-15-8)10(12)14-4-2/h7-8,13H,3-6H2,1-2H3. The topological polar surface area (TPSA) is 58.9 Å². The van der Waals surface area contributed by atoms with Gasteiger partial charge >= 0.3 is 5.97 Å². The number of carbonyl (C=O) groups is 1. The fourth-order valence-electron chi connectivity index (χ4n) is 1.67. The number of rotatable bonds is 4. The highest BCUT2D eigenvalue weighted by Gasteiger charge is 2.38. The van der Waals surface area contributed by atoms with Crippen molar-refractivity contribution >= 4 is 23.4 Å². The molecule has 0 amide bonds. The van der Waals surface area contributed by atoms with Crippen LogP contribution in [0.15, 0.2) is 5.16 Å². The van der Waals surface area contributed by atoms with Crippen molar-refractivity contribution in [1.29, 1.82) is 0 Å². The maximum atomic E-state index is 11.5. The molecular weight excluding hydrogens is 214 g/mol. The van der Waals surface area contributed by atoms with Gasteiger partial charge in [-0.25, -0.2) is 0 Å². The van der Waals surface area contributed by atoms with Crippen LogP contribution in [0.3, 0.4) is 0 Å². The third kappa shape index (κ3) is 2.87. The minimum absolute atomic E-state index is 0.175. The molecule has 86 valence electrons. The van der Waals surface area contributed by atoms with Crippen LogP contribution in [0.5, 0.6) is 0 Å². The van der Waals surface area contributed by atoms with E-state index in [9.17, 15) is 4.79 Å². The van der Waals surface area contributed by atoms with E-state index in [1.807, 2.05) is 0 Å². The lowest BCUT2D eigenvalue weighted by atomic mass is 10.0. The number of oxime groups is 1. The molecule has 5 heteroatoms. The van der Waals surface area contributed by atoms with E-state index in [2.05, 4.69) is 12.1 Å². The first-order valence-corrected chi connectivity index (χ1v) is 6.29. The Balaban J connectivity index is 2.65. The maximum absolute atomic E-state index is 11.5. The molecule has 0 aliphatic carbocycles. The van der Waals surface area contributed by atoms with E-state index in [1.54, 1.807) is 18.7 Å². The Hall–Kier alpha value is -0.710. The number of ether oxygens (including phenoxy) is 1. The minimum atomic E-state index is -0.350. The number of nitrogens with zero attached hydrogens (tertiary/aromatic N) is 1. The molecule has 1 rings (SSSR count). The normalized spacial score (nSPS) is 28.3. The Kier molecular flexibility index (Phi) is 4.94. The van der Waals surface area contributed by atoms with Gasteiger partial charge in [0.15, 0.2) is 0 Å². The zero-order chi connectivity index (χ0) is 11.3. The van der Waals surface area contributed by atoms with Crippen LogP contribution in [-0.2, 0) is 9.53 Å². The van der Waals surface area contributed by atoms with Crippen molar-refractivity contribution < 1.29 is 14.7 Å². The molecule has 0 spiro atoms. The lowest BCUT2D eigenvalue weighted by Crippen LogP contribution is -2.28. The predicted molar refractivity (Wildman–Crippen MR) is 60.5 cm³/mol. The van der Waals surface area contributed by atoms with Crippen molar-refractivity contribution in [3.8, 4) is 0 Å². The Morgan fingerprint density at radius 1 is 1.67 bits per heavy atom. The largest absolute Gasteiger partial charge is 0.465 e. The first-order chi connectivity index (χ1) is 7.24. The molecule has 0 radical (unpaired) electrons. The van der Waals surface area contributed by atoms with Crippen LogP contribution in [0.25, 0.3) is 0 Å². The van der Waals surface area contributed by atoms with Gasteiger partial charge in [0.2, 0.25) is 0 Å². The molecule has 2 atom stereocenters. The molecule has 4 nitrogen and oxygen atoms in total. The number of thioether (sulfide) groups is 1. The highest BCUT2D eigenvalue weighted by Crippen LogP contribution is 2.32. The SMILES string of the molecule is CCCC1SCC(C(=O)OCC)C1=NO. The van der Waals surface area contributed by atoms with E-state index >= 15 is 0 Å². The molecule has 1 fully saturated rings. The van der Waals surface area contributed by atoms with Crippen LogP contribution in [0.4, 0.5) is 0 Å². The van der Waals surface area contributed by atoms with Gasteiger partial charge in [-0.2, -0.15) is 11.8 Å². The van der Waals surface area contributed by atoms with Crippen molar-refractivity contribution in [3.63, 3.8) is 0 Å². The average Bonchev–Trinajstić information content (AvgIpc) is 2.62. The molecule has 2 unspecified atom stereocenters. The molecule has 1 heterocycles. The summed E-state index contributed by atoms with van der Waals surface area (Å²) in [5.41, 5.74) is 0.584. The zero-order valence-electron chi connectivity index (χ0n) is 9.10. The summed E-state index contributed by atoms with van der Waals surface area (Å²) in [5, 5.41) is 12.4. The summed E-state index contributed by atoms with van der Waals surface area (Å²) in [6.07, 6.45) is 1.96. The second-order valence-corrected chi connectivity index (χ2v) is 4.68. The molecule has 1 saturated heterocycles. The zero-order valence-corrected chi connectivity index (χ0v) is 9.92. The van der Waals surface area contributed by atoms with E-state index < -0.39 is 0 Å². The molecular formula is C10H17NO3S. The number of hydrogen-bond donors (Lipinski definition) is 1. The molecule has 0 aromatic carbocycles. The molecule has 0 aromatic heterocycles. The first-order valence-electron chi connectivity index (χ1n) is 5.24. The monoisotopic (exact) mass is 231 g/mol. The second-order valence-electron chi connectivity index (χ2n) is 3.44. The Labute approximate surface area is 94.1 Å². The van der Waals surface area contributed by atoms with Crippen LogP contribution in [-0.4, -0.2) is 34.5 Å². The van der Waals surface area contributed by atoms with E-state index in [0.29, 0.717) is 18.1 Å². The molecule has 0 aromatic rings. The number of carbonyl (C=O) groups excluding carboxylic acids is 1. The quantitative estimate of drug-likeness (QED) is 0.456. The molecule has 15 heavy (non-hydrogen) atoms. The van der Waals surface area contributed by atoms with Gasteiger partial charge in [0.25, 0.3) is 0 Å². The van der Waals surface area contributed by atoms with E-state index in [-0.39, 0.29) is 17.1 Å². The lowest BCUT2D eigenvalue weighted by Gasteiger charge is -2.10. The van der Waals surface area contributed by atoms with Crippen LogP contribution >= 0.6 is 11.8 Å². The van der Waals surface area contributed by atoms with Crippen molar-refractivity contribution in [2.75, 3.05) is 12.4 Å². The van der Waals surface area contributed by atoms with Crippen LogP contribution in [0.2, 0.25) is 0 Å². The first kappa shape index (κ1) is 12.4. The second kappa shape index (κ2) is 6.00. The van der Waals surface area contributed by atoms with Crippen molar-refractivity contribution in [1.82, 2.24) is 0 Å². The van der Waals surface area contributed by atoms with Gasteiger partial charge in [0.05, 0.1) is 12.3 Å². The molecule has 1 aliphatic heterocycles. The van der Waals surface area contributed by atoms with Gasteiger partial charge in [-0.05, 0) is 13.3 Å². The van der Waals surface area contributed by atoms with Gasteiger partial charge in [-0.1, -0.05) is 18.5 Å². The average molecular weight is 231 g/mol. The number of hydrogen-bond acceptors (Lipinski definition) is 5. The third-order valence-electron chi connectivity index (χ3n) is 2.39. The van der Waals surface area contributed by atoms with Crippen LogP contribution in [0, 0.1) is 5.92 Å². The number of esters is 1. The summed E-state index contributed by atoms with van der Waals surface area (Å²) < 4.78 is 4.94. The molecule has 0 saturated carbocycles. The van der Waals surface area contributed by atoms with E-state index in [4.69, 9.17) is 9.94 Å². The van der Waals surface area contributed by atoms with Gasteiger partial charge in [-0.3, -0.25) is 4.79 Å². The van der Waals surface area contributed by atoms with Gasteiger partial charge in [0.1, 0.15) is 5.92 Å².